The molecule has 0 heterocycles. The lowest BCUT2D eigenvalue weighted by molar-refractivity contribution is 0.562. The highest BCUT2D eigenvalue weighted by atomic mass is 14.7. The van der Waals surface area contributed by atoms with Crippen LogP contribution in [0.2, 0.25) is 0 Å². The second-order valence-corrected chi connectivity index (χ2v) is 8.79. The summed E-state index contributed by atoms with van der Waals surface area (Å²) in [6.45, 7) is 8.09. The first-order valence-electron chi connectivity index (χ1n) is 11.5. The lowest BCUT2D eigenvalue weighted by Crippen LogP contribution is -2.10. The number of nitrogens with zero attached hydrogens (tertiary/aromatic N) is 1. The zero-order valence-electron chi connectivity index (χ0n) is 18.7. The summed E-state index contributed by atoms with van der Waals surface area (Å²) < 4.78 is 0. The molecule has 31 heavy (non-hydrogen) atoms. The van der Waals surface area contributed by atoms with Crippen molar-refractivity contribution in [1.82, 2.24) is 0 Å². The first-order chi connectivity index (χ1) is 15.2. The van der Waals surface area contributed by atoms with E-state index in [1.54, 1.807) is 0 Å². The van der Waals surface area contributed by atoms with Crippen LogP contribution in [0.3, 0.4) is 0 Å². The predicted octanol–water partition coefficient (Wildman–Crippen LogP) is 7.87. The second kappa shape index (κ2) is 9.92. The summed E-state index contributed by atoms with van der Waals surface area (Å²) in [6.07, 6.45) is 32.2. The summed E-state index contributed by atoms with van der Waals surface area (Å²) in [5, 5.41) is 0. The largest absolute Gasteiger partial charge is 0.293 e. The monoisotopic (exact) mass is 407 g/mol. The standard InChI is InChI=1S/C30H33N/c1-4-8-25-11-7-12-27(19-23-9-5-6-10-23)30(25)16-13-24-20-26(28-17-22(2)18-28)14-15-29(21-24)31-3/h4-6,9-10,12,16-17,19-21,25H,1-2,7-8,11,13-15,18H2,3H3/b30-16-,31-29?. The zero-order chi connectivity index (χ0) is 21.6. The van der Waals surface area contributed by atoms with Crippen LogP contribution in [-0.4, -0.2) is 12.8 Å². The van der Waals surface area contributed by atoms with Gasteiger partial charge in [0.2, 0.25) is 0 Å². The smallest absolute Gasteiger partial charge is 0.0351 e. The number of hydrogen-bond donors (Lipinski definition) is 0. The molecule has 1 heteroatoms. The fourth-order valence-corrected chi connectivity index (χ4v) is 4.82. The summed E-state index contributed by atoms with van der Waals surface area (Å²) in [7, 11) is 1.91. The molecule has 1 atom stereocenters. The van der Waals surface area contributed by atoms with Gasteiger partial charge in [-0.3, -0.25) is 4.99 Å². The molecule has 0 fully saturated rings. The van der Waals surface area contributed by atoms with Crippen molar-refractivity contribution >= 4 is 5.71 Å². The molecule has 4 rings (SSSR count). The van der Waals surface area contributed by atoms with Crippen molar-refractivity contribution in [1.29, 1.82) is 0 Å². The molecule has 1 unspecified atom stereocenters. The normalized spacial score (nSPS) is 25.6. The van der Waals surface area contributed by atoms with Crippen molar-refractivity contribution in [3.8, 4) is 0 Å². The highest BCUT2D eigenvalue weighted by Gasteiger charge is 2.21. The quantitative estimate of drug-likeness (QED) is 0.397. The minimum atomic E-state index is 0.551. The first kappa shape index (κ1) is 21.3. The number of aliphatic imine (C=N–C) groups is 1. The van der Waals surface area contributed by atoms with Crippen LogP contribution in [0.5, 0.6) is 0 Å². The molecule has 0 spiro atoms. The lowest BCUT2D eigenvalue weighted by atomic mass is 9.80. The maximum atomic E-state index is 4.53. The molecule has 0 aromatic heterocycles. The maximum Gasteiger partial charge on any atom is 0.0351 e. The summed E-state index contributed by atoms with van der Waals surface area (Å²) >= 11 is 0. The van der Waals surface area contributed by atoms with Crippen molar-refractivity contribution in [3.05, 3.63) is 119 Å². The van der Waals surface area contributed by atoms with Gasteiger partial charge >= 0.3 is 0 Å². The van der Waals surface area contributed by atoms with E-state index in [1.807, 2.05) is 7.05 Å². The lowest BCUT2D eigenvalue weighted by Gasteiger charge is -2.25. The van der Waals surface area contributed by atoms with Gasteiger partial charge in [0.05, 0.1) is 0 Å². The number of hydrogen-bond acceptors (Lipinski definition) is 1. The number of rotatable bonds is 6. The van der Waals surface area contributed by atoms with Crippen molar-refractivity contribution < 1.29 is 0 Å². The summed E-state index contributed by atoms with van der Waals surface area (Å²) in [4.78, 5) is 4.53. The van der Waals surface area contributed by atoms with Crippen molar-refractivity contribution in [2.45, 2.75) is 44.9 Å². The molecule has 4 aliphatic carbocycles. The van der Waals surface area contributed by atoms with E-state index in [9.17, 15) is 0 Å². The Hall–Kier alpha value is -2.93. The van der Waals surface area contributed by atoms with E-state index in [0.29, 0.717) is 5.92 Å². The highest BCUT2D eigenvalue weighted by Crippen LogP contribution is 2.37. The van der Waals surface area contributed by atoms with Crippen LogP contribution >= 0.6 is 0 Å². The van der Waals surface area contributed by atoms with Crippen molar-refractivity contribution in [2.75, 3.05) is 7.05 Å². The molecule has 0 N–H and O–H groups in total. The van der Waals surface area contributed by atoms with E-state index >= 15 is 0 Å². The van der Waals surface area contributed by atoms with Gasteiger partial charge in [0.1, 0.15) is 0 Å². The van der Waals surface area contributed by atoms with Gasteiger partial charge in [0.25, 0.3) is 0 Å². The molecule has 0 aliphatic heterocycles. The number of allylic oxidation sites excluding steroid dienone is 18. The van der Waals surface area contributed by atoms with Crippen LogP contribution in [-0.2, 0) is 0 Å². The van der Waals surface area contributed by atoms with Gasteiger partial charge in [-0.25, -0.2) is 0 Å². The maximum absolute atomic E-state index is 4.53. The third kappa shape index (κ3) is 5.22. The minimum Gasteiger partial charge on any atom is -0.293 e. The summed E-state index contributed by atoms with van der Waals surface area (Å²) in [6, 6.07) is 0. The van der Waals surface area contributed by atoms with E-state index in [0.717, 1.165) is 38.5 Å². The van der Waals surface area contributed by atoms with Gasteiger partial charge < -0.3 is 0 Å². The summed E-state index contributed by atoms with van der Waals surface area (Å²) in [5.41, 5.74) is 10.8. The summed E-state index contributed by atoms with van der Waals surface area (Å²) in [5.74, 6) is 0.551. The van der Waals surface area contributed by atoms with Crippen LogP contribution in [0.4, 0.5) is 0 Å². The average molecular weight is 408 g/mol. The molecule has 1 nitrogen and oxygen atoms in total. The average Bonchev–Trinajstić information content (AvgIpc) is 3.17. The molecular formula is C30H33N. The second-order valence-electron chi connectivity index (χ2n) is 8.79. The van der Waals surface area contributed by atoms with Gasteiger partial charge in [-0.2, -0.15) is 0 Å². The molecule has 158 valence electrons. The predicted molar refractivity (Wildman–Crippen MR) is 135 cm³/mol. The highest BCUT2D eigenvalue weighted by molar-refractivity contribution is 5.96. The van der Waals surface area contributed by atoms with Crippen molar-refractivity contribution in [3.63, 3.8) is 0 Å². The van der Waals surface area contributed by atoms with E-state index < -0.39 is 0 Å². The van der Waals surface area contributed by atoms with E-state index in [4.69, 9.17) is 0 Å². The molecule has 0 saturated heterocycles. The topological polar surface area (TPSA) is 12.4 Å². The Labute approximate surface area is 187 Å². The molecular weight excluding hydrogens is 374 g/mol. The Bertz CT molecular complexity index is 1030. The van der Waals surface area contributed by atoms with Crippen molar-refractivity contribution in [2.24, 2.45) is 10.9 Å². The van der Waals surface area contributed by atoms with Crippen LogP contribution in [0.15, 0.2) is 124 Å². The molecule has 0 aromatic rings. The third-order valence-corrected chi connectivity index (χ3v) is 6.53. The van der Waals surface area contributed by atoms with Gasteiger partial charge in [0.15, 0.2) is 0 Å². The van der Waals surface area contributed by atoms with Crippen LogP contribution < -0.4 is 0 Å². The van der Waals surface area contributed by atoms with E-state index in [1.165, 1.54) is 51.1 Å². The zero-order valence-corrected chi connectivity index (χ0v) is 18.7. The van der Waals surface area contributed by atoms with Gasteiger partial charge in [-0.15, -0.1) is 6.58 Å². The minimum absolute atomic E-state index is 0.551. The first-order valence-corrected chi connectivity index (χ1v) is 11.5. The Morgan fingerprint density at radius 1 is 1.10 bits per heavy atom. The Morgan fingerprint density at radius 2 is 1.90 bits per heavy atom. The molecule has 0 saturated carbocycles. The SMILES string of the molecule is C=CCC1CCC=C(C=C2C=CC=C2)/C1=C\CC1=CC(=NC)CCC(C2=CC(=C)C2)=C1. The fourth-order valence-electron chi connectivity index (χ4n) is 4.82. The van der Waals surface area contributed by atoms with Gasteiger partial charge in [-0.05, 0) is 96.5 Å². The molecule has 4 aliphatic rings. The Balaban J connectivity index is 1.64. The van der Waals surface area contributed by atoms with E-state index in [-0.39, 0.29) is 0 Å². The van der Waals surface area contributed by atoms with Crippen LogP contribution in [0.1, 0.15) is 44.9 Å². The fraction of sp³-hybridized carbons (Fsp3) is 0.300. The van der Waals surface area contributed by atoms with Crippen LogP contribution in [0, 0.1) is 5.92 Å². The Morgan fingerprint density at radius 3 is 2.61 bits per heavy atom. The molecule has 0 aromatic carbocycles. The molecule has 0 bridgehead atoms. The van der Waals surface area contributed by atoms with Gasteiger partial charge in [0, 0.05) is 12.8 Å². The van der Waals surface area contributed by atoms with E-state index in [2.05, 4.69) is 85.0 Å². The molecule has 0 amide bonds. The Kier molecular flexibility index (Phi) is 6.82. The third-order valence-electron chi connectivity index (χ3n) is 6.53. The van der Waals surface area contributed by atoms with Crippen LogP contribution in [0.25, 0.3) is 0 Å². The van der Waals surface area contributed by atoms with Gasteiger partial charge in [-0.1, -0.05) is 66.8 Å². The molecule has 0 radical (unpaired) electrons.